The number of hydrogen-bond donors (Lipinski definition) is 0. The smallest absolute Gasteiger partial charge is 0.307 e. The van der Waals surface area contributed by atoms with Crippen molar-refractivity contribution in [2.24, 2.45) is 0 Å². The van der Waals surface area contributed by atoms with Gasteiger partial charge >= 0.3 is 5.97 Å². The summed E-state index contributed by atoms with van der Waals surface area (Å²) in [7, 11) is -2.77. The quantitative estimate of drug-likeness (QED) is 0.424. The van der Waals surface area contributed by atoms with E-state index in [1.165, 1.54) is 23.5 Å². The molecule has 2 atom stereocenters. The molecule has 0 aromatic heterocycles. The van der Waals surface area contributed by atoms with Crippen molar-refractivity contribution >= 4 is 22.3 Å². The highest BCUT2D eigenvalue weighted by Crippen LogP contribution is 2.49. The summed E-state index contributed by atoms with van der Waals surface area (Å²) in [6.45, 7) is 5.63. The number of ether oxygens (including phenoxy) is 1. The van der Waals surface area contributed by atoms with Crippen molar-refractivity contribution in [2.45, 2.75) is 30.3 Å². The van der Waals surface area contributed by atoms with Crippen molar-refractivity contribution < 1.29 is 22.7 Å². The van der Waals surface area contributed by atoms with Crippen LogP contribution in [0.2, 0.25) is 0 Å². The van der Waals surface area contributed by atoms with Gasteiger partial charge in [-0.05, 0) is 30.2 Å². The second-order valence-electron chi connectivity index (χ2n) is 6.67. The van der Waals surface area contributed by atoms with Crippen LogP contribution in [-0.2, 0) is 24.3 Å². The van der Waals surface area contributed by atoms with Gasteiger partial charge in [0, 0.05) is 5.57 Å². The normalized spacial score (nSPS) is 19.1. The summed E-state index contributed by atoms with van der Waals surface area (Å²) < 4.78 is 33.1. The second kappa shape index (κ2) is 7.69. The number of aldehydes is 1. The van der Waals surface area contributed by atoms with Crippen molar-refractivity contribution in [1.82, 2.24) is 4.31 Å². The van der Waals surface area contributed by atoms with Crippen LogP contribution >= 0.6 is 0 Å². The molecule has 146 valence electrons. The molecule has 0 fully saturated rings. The van der Waals surface area contributed by atoms with E-state index in [1.54, 1.807) is 36.4 Å². The van der Waals surface area contributed by atoms with Crippen molar-refractivity contribution in [3.8, 4) is 0 Å². The molecule has 3 rings (SSSR count). The highest BCUT2D eigenvalue weighted by Gasteiger charge is 2.47. The molecule has 1 aliphatic heterocycles. The van der Waals surface area contributed by atoms with Crippen molar-refractivity contribution in [3.05, 3.63) is 77.4 Å². The fourth-order valence-electron chi connectivity index (χ4n) is 3.52. The van der Waals surface area contributed by atoms with Crippen LogP contribution in [0.25, 0.3) is 0 Å². The van der Waals surface area contributed by atoms with Gasteiger partial charge in [0.15, 0.2) is 0 Å². The van der Waals surface area contributed by atoms with Gasteiger partial charge in [-0.1, -0.05) is 48.5 Å². The van der Waals surface area contributed by atoms with Crippen molar-refractivity contribution in [2.75, 3.05) is 7.11 Å². The predicted octanol–water partition coefficient (Wildman–Crippen LogP) is 3.10. The van der Waals surface area contributed by atoms with Crippen LogP contribution in [0.15, 0.2) is 65.6 Å². The first-order valence-corrected chi connectivity index (χ1v) is 10.1. The van der Waals surface area contributed by atoms with Gasteiger partial charge in [0.2, 0.25) is 10.0 Å². The van der Waals surface area contributed by atoms with E-state index < -0.39 is 28.1 Å². The van der Waals surface area contributed by atoms with Gasteiger partial charge in [-0.15, -0.1) is 0 Å². The van der Waals surface area contributed by atoms with E-state index in [9.17, 15) is 18.0 Å². The minimum atomic E-state index is -4.02. The molecular weight excluding hydrogens is 378 g/mol. The van der Waals surface area contributed by atoms with Crippen LogP contribution in [-0.4, -0.2) is 32.1 Å². The van der Waals surface area contributed by atoms with Gasteiger partial charge < -0.3 is 4.74 Å². The monoisotopic (exact) mass is 399 g/mol. The van der Waals surface area contributed by atoms with Crippen LogP contribution in [0.5, 0.6) is 0 Å². The summed E-state index contributed by atoms with van der Waals surface area (Å²) in [6, 6.07) is 11.8. The van der Waals surface area contributed by atoms with Gasteiger partial charge in [-0.3, -0.25) is 9.59 Å². The van der Waals surface area contributed by atoms with Crippen LogP contribution in [0.1, 0.15) is 35.2 Å². The first-order chi connectivity index (χ1) is 13.3. The van der Waals surface area contributed by atoms with Crippen LogP contribution < -0.4 is 0 Å². The highest BCUT2D eigenvalue weighted by molar-refractivity contribution is 7.89. The first-order valence-electron chi connectivity index (χ1n) is 8.71. The Balaban J connectivity index is 2.21. The Bertz CT molecular complexity index is 1030. The van der Waals surface area contributed by atoms with E-state index in [-0.39, 0.29) is 16.9 Å². The molecule has 0 N–H and O–H groups in total. The van der Waals surface area contributed by atoms with E-state index in [4.69, 9.17) is 4.74 Å². The Kier molecular flexibility index (Phi) is 5.49. The summed E-state index contributed by atoms with van der Waals surface area (Å²) in [4.78, 5) is 23.7. The Morgan fingerprint density at radius 3 is 2.32 bits per heavy atom. The molecule has 0 aliphatic carbocycles. The number of hydrogen-bond acceptors (Lipinski definition) is 5. The van der Waals surface area contributed by atoms with Crippen molar-refractivity contribution in [1.29, 1.82) is 0 Å². The number of sulfonamides is 1. The Morgan fingerprint density at radius 1 is 1.14 bits per heavy atom. The largest absolute Gasteiger partial charge is 0.469 e. The van der Waals surface area contributed by atoms with E-state index in [2.05, 4.69) is 6.58 Å². The second-order valence-corrected chi connectivity index (χ2v) is 8.51. The van der Waals surface area contributed by atoms with E-state index in [0.29, 0.717) is 17.4 Å². The maximum absolute atomic E-state index is 13.5. The van der Waals surface area contributed by atoms with E-state index >= 15 is 0 Å². The zero-order valence-corrected chi connectivity index (χ0v) is 16.5. The highest BCUT2D eigenvalue weighted by atomic mass is 32.2. The molecule has 6 nitrogen and oxygen atoms in total. The van der Waals surface area contributed by atoms with Crippen LogP contribution in [0, 0.1) is 6.92 Å². The molecule has 0 saturated heterocycles. The number of carbonyl (C=O) groups excluding carboxylic acids is 2. The summed E-state index contributed by atoms with van der Waals surface area (Å²) >= 11 is 0. The summed E-state index contributed by atoms with van der Waals surface area (Å²) in [6.07, 6.45) is 0.390. The lowest BCUT2D eigenvalue weighted by atomic mass is 9.98. The fraction of sp³-hybridized carbons (Fsp3) is 0.238. The molecule has 7 heteroatoms. The molecule has 0 bridgehead atoms. The van der Waals surface area contributed by atoms with E-state index in [1.807, 2.05) is 6.92 Å². The third-order valence-electron chi connectivity index (χ3n) is 4.90. The Hall–Kier alpha value is -2.77. The lowest BCUT2D eigenvalue weighted by Gasteiger charge is -2.29. The molecule has 2 aromatic carbocycles. The maximum atomic E-state index is 13.5. The standard InChI is InChI=1S/C21H21NO5S/c1-14-8-10-16(11-9-14)28(25,26)22-19(12-20(24)27-3)17-6-4-5-7-18(17)21(22)15(2)13-23/h4-11,13,19,21H,2,12H2,1,3H3/t19-,21+/m1/s1. The number of carbonyl (C=O) groups is 2. The number of rotatable bonds is 6. The lowest BCUT2D eigenvalue weighted by molar-refractivity contribution is -0.141. The van der Waals surface area contributed by atoms with Crippen molar-refractivity contribution in [3.63, 3.8) is 0 Å². The molecule has 0 saturated carbocycles. The number of nitrogens with zero attached hydrogens (tertiary/aromatic N) is 1. The van der Waals surface area contributed by atoms with Gasteiger partial charge in [-0.2, -0.15) is 4.31 Å². The predicted molar refractivity (Wildman–Crippen MR) is 104 cm³/mol. The SMILES string of the molecule is C=C(C=O)[C@H]1c2ccccc2[C@@H](CC(=O)OC)N1S(=O)(=O)c1ccc(C)cc1. The topological polar surface area (TPSA) is 80.8 Å². The molecule has 0 amide bonds. The third kappa shape index (κ3) is 3.39. The number of methoxy groups -OCH3 is 1. The average molecular weight is 399 g/mol. The third-order valence-corrected chi connectivity index (χ3v) is 6.79. The zero-order chi connectivity index (χ0) is 20.5. The molecular formula is C21H21NO5S. The molecule has 2 aromatic rings. The lowest BCUT2D eigenvalue weighted by Crippen LogP contribution is -2.35. The van der Waals surface area contributed by atoms with Gasteiger partial charge in [0.05, 0.1) is 30.5 Å². The molecule has 0 radical (unpaired) electrons. The first kappa shape index (κ1) is 20.0. The number of esters is 1. The maximum Gasteiger partial charge on any atom is 0.307 e. The van der Waals surface area contributed by atoms with Gasteiger partial charge in [-0.25, -0.2) is 8.42 Å². The Labute approximate surface area is 164 Å². The average Bonchev–Trinajstić information content (AvgIpc) is 3.02. The summed E-state index contributed by atoms with van der Waals surface area (Å²) in [5, 5.41) is 0. The van der Waals surface area contributed by atoms with E-state index in [0.717, 1.165) is 5.56 Å². The zero-order valence-electron chi connectivity index (χ0n) is 15.7. The summed E-state index contributed by atoms with van der Waals surface area (Å²) in [5.74, 6) is -0.540. The molecule has 1 heterocycles. The minimum absolute atomic E-state index is 0.0875. The molecule has 28 heavy (non-hydrogen) atoms. The molecule has 0 unspecified atom stereocenters. The van der Waals surface area contributed by atoms with Crippen LogP contribution in [0.3, 0.4) is 0 Å². The van der Waals surface area contributed by atoms with Gasteiger partial charge in [0.1, 0.15) is 6.29 Å². The Morgan fingerprint density at radius 2 is 1.75 bits per heavy atom. The number of fused-ring (bicyclic) bond motifs is 1. The fourth-order valence-corrected chi connectivity index (χ4v) is 5.30. The van der Waals surface area contributed by atoms with Crippen LogP contribution in [0.4, 0.5) is 0 Å². The molecule has 0 spiro atoms. The van der Waals surface area contributed by atoms with Gasteiger partial charge in [0.25, 0.3) is 0 Å². The minimum Gasteiger partial charge on any atom is -0.469 e. The summed E-state index contributed by atoms with van der Waals surface area (Å²) in [5.41, 5.74) is 2.33. The number of benzene rings is 2. The number of aryl methyl sites for hydroxylation is 1. The molecule has 1 aliphatic rings.